The lowest BCUT2D eigenvalue weighted by molar-refractivity contribution is 0.266. The molecule has 0 saturated carbocycles. The first-order valence-electron chi connectivity index (χ1n) is 11.4. The molecule has 9 heteroatoms. The van der Waals surface area contributed by atoms with Gasteiger partial charge in [-0.15, -0.1) is 0 Å². The van der Waals surface area contributed by atoms with Crippen molar-refractivity contribution in [1.29, 1.82) is 0 Å². The van der Waals surface area contributed by atoms with E-state index in [9.17, 15) is 8.42 Å². The summed E-state index contributed by atoms with van der Waals surface area (Å²) < 4.78 is 32.2. The van der Waals surface area contributed by atoms with Crippen LogP contribution in [0.5, 0.6) is 5.75 Å². The quantitative estimate of drug-likeness (QED) is 0.315. The van der Waals surface area contributed by atoms with Crippen LogP contribution in [0, 0.1) is 0 Å². The van der Waals surface area contributed by atoms with Gasteiger partial charge in [0.1, 0.15) is 24.5 Å². The molecule has 4 rings (SSSR count). The number of rotatable bonds is 11. The van der Waals surface area contributed by atoms with Gasteiger partial charge in [-0.05, 0) is 35.4 Å². The third-order valence-corrected chi connectivity index (χ3v) is 7.34. The second-order valence-corrected chi connectivity index (χ2v) is 10.3. The Labute approximate surface area is 211 Å². The molecule has 0 aliphatic heterocycles. The molecule has 0 atom stereocenters. The molecule has 186 valence electrons. The normalized spacial score (nSPS) is 11.4. The summed E-state index contributed by atoms with van der Waals surface area (Å²) >= 11 is 0. The number of aliphatic hydroxyl groups is 1. The maximum atomic E-state index is 12.5. The van der Waals surface area contributed by atoms with Crippen LogP contribution in [0.1, 0.15) is 11.1 Å². The standard InChI is InChI=1S/C27H28N4O4S/c1-31(14-15-32)36(33,34)19-22-10-7-11-23(16-22)30-27-17-25(28-20-29-27)24-12-5-6-13-26(24)35-18-21-8-3-2-4-9-21/h2-13,16-17,20,32H,14-15,18-19H2,1H3,(H,28,29,30). The van der Waals surface area contributed by atoms with Gasteiger partial charge in [0.05, 0.1) is 18.1 Å². The first-order valence-corrected chi connectivity index (χ1v) is 13.0. The molecule has 0 amide bonds. The highest BCUT2D eigenvalue weighted by atomic mass is 32.2. The second kappa shape index (κ2) is 11.8. The summed E-state index contributed by atoms with van der Waals surface area (Å²) in [6.45, 7) is 0.269. The molecule has 0 fully saturated rings. The number of nitrogens with one attached hydrogen (secondary N) is 1. The fraction of sp³-hybridized carbons (Fsp3) is 0.185. The molecule has 0 aliphatic carbocycles. The SMILES string of the molecule is CN(CCO)S(=O)(=O)Cc1cccc(Nc2cc(-c3ccccc3OCc3ccccc3)ncn2)c1. The Kier molecular flexibility index (Phi) is 8.27. The molecule has 8 nitrogen and oxygen atoms in total. The van der Waals surface area contributed by atoms with E-state index < -0.39 is 10.0 Å². The third kappa shape index (κ3) is 6.66. The average molecular weight is 505 g/mol. The molecule has 0 radical (unpaired) electrons. The van der Waals surface area contributed by atoms with Gasteiger partial charge >= 0.3 is 0 Å². The van der Waals surface area contributed by atoms with E-state index in [-0.39, 0.29) is 18.9 Å². The van der Waals surface area contributed by atoms with Gasteiger partial charge < -0.3 is 15.2 Å². The van der Waals surface area contributed by atoms with Crippen molar-refractivity contribution in [3.63, 3.8) is 0 Å². The predicted octanol–water partition coefficient (Wildman–Crippen LogP) is 4.22. The molecule has 3 aromatic carbocycles. The smallest absolute Gasteiger partial charge is 0.218 e. The van der Waals surface area contributed by atoms with Gasteiger partial charge in [-0.2, -0.15) is 0 Å². The van der Waals surface area contributed by atoms with Crippen LogP contribution in [0.2, 0.25) is 0 Å². The zero-order chi connectivity index (χ0) is 25.4. The Morgan fingerprint density at radius 3 is 2.47 bits per heavy atom. The number of aliphatic hydroxyl groups excluding tert-OH is 1. The summed E-state index contributed by atoms with van der Waals surface area (Å²) in [6.07, 6.45) is 1.48. The summed E-state index contributed by atoms with van der Waals surface area (Å²) in [7, 11) is -2.08. The molecule has 0 bridgehead atoms. The van der Waals surface area contributed by atoms with Crippen molar-refractivity contribution in [2.75, 3.05) is 25.5 Å². The third-order valence-electron chi connectivity index (χ3n) is 5.51. The van der Waals surface area contributed by atoms with Crippen molar-refractivity contribution in [3.05, 3.63) is 102 Å². The fourth-order valence-electron chi connectivity index (χ4n) is 3.60. The maximum Gasteiger partial charge on any atom is 0.218 e. The van der Waals surface area contributed by atoms with Crippen LogP contribution in [0.4, 0.5) is 11.5 Å². The molecule has 1 aromatic heterocycles. The van der Waals surface area contributed by atoms with Gasteiger partial charge in [-0.3, -0.25) is 0 Å². The molecule has 0 unspecified atom stereocenters. The van der Waals surface area contributed by atoms with Gasteiger partial charge in [0.15, 0.2) is 0 Å². The number of aromatic nitrogens is 2. The minimum atomic E-state index is -3.53. The molecule has 0 aliphatic rings. The van der Waals surface area contributed by atoms with Crippen molar-refractivity contribution in [3.8, 4) is 17.0 Å². The zero-order valence-electron chi connectivity index (χ0n) is 19.9. The van der Waals surface area contributed by atoms with E-state index in [1.165, 1.54) is 13.4 Å². The van der Waals surface area contributed by atoms with Crippen LogP contribution in [0.15, 0.2) is 91.3 Å². The summed E-state index contributed by atoms with van der Waals surface area (Å²) in [5, 5.41) is 12.3. The number of benzene rings is 3. The van der Waals surface area contributed by atoms with E-state index in [1.54, 1.807) is 18.2 Å². The molecule has 0 saturated heterocycles. The molecule has 36 heavy (non-hydrogen) atoms. The van der Waals surface area contributed by atoms with Gasteiger partial charge in [0.2, 0.25) is 10.0 Å². The number of anilines is 2. The van der Waals surface area contributed by atoms with Crippen LogP contribution < -0.4 is 10.1 Å². The van der Waals surface area contributed by atoms with E-state index in [0.717, 1.165) is 15.4 Å². The van der Waals surface area contributed by atoms with E-state index in [0.29, 0.717) is 35.1 Å². The molecule has 0 spiro atoms. The van der Waals surface area contributed by atoms with Crippen LogP contribution >= 0.6 is 0 Å². The van der Waals surface area contributed by atoms with Crippen molar-refractivity contribution in [2.45, 2.75) is 12.4 Å². The first kappa shape index (κ1) is 25.3. The first-order chi connectivity index (χ1) is 17.4. The number of sulfonamides is 1. The topological polar surface area (TPSA) is 105 Å². The van der Waals surface area contributed by atoms with Crippen LogP contribution in [-0.4, -0.2) is 48.0 Å². The summed E-state index contributed by atoms with van der Waals surface area (Å²) in [5.74, 6) is 1.11. The fourth-order valence-corrected chi connectivity index (χ4v) is 4.78. The van der Waals surface area contributed by atoms with Crippen LogP contribution in [0.3, 0.4) is 0 Å². The minimum Gasteiger partial charge on any atom is -0.488 e. The minimum absolute atomic E-state index is 0.0561. The molecular weight excluding hydrogens is 476 g/mol. The molecule has 1 heterocycles. The van der Waals surface area contributed by atoms with Gasteiger partial charge in [-0.1, -0.05) is 54.6 Å². The van der Waals surface area contributed by atoms with E-state index >= 15 is 0 Å². The summed E-state index contributed by atoms with van der Waals surface area (Å²) in [5.41, 5.74) is 3.93. The van der Waals surface area contributed by atoms with E-state index in [2.05, 4.69) is 15.3 Å². The predicted molar refractivity (Wildman–Crippen MR) is 140 cm³/mol. The molecule has 2 N–H and O–H groups in total. The number of hydrogen-bond acceptors (Lipinski definition) is 7. The maximum absolute atomic E-state index is 12.5. The van der Waals surface area contributed by atoms with E-state index in [1.807, 2.05) is 66.7 Å². The Morgan fingerprint density at radius 1 is 0.917 bits per heavy atom. The van der Waals surface area contributed by atoms with E-state index in [4.69, 9.17) is 9.84 Å². The Morgan fingerprint density at radius 2 is 1.67 bits per heavy atom. The Bertz CT molecular complexity index is 1400. The van der Waals surface area contributed by atoms with Gasteiger partial charge in [-0.25, -0.2) is 22.7 Å². The highest BCUT2D eigenvalue weighted by Gasteiger charge is 2.18. The monoisotopic (exact) mass is 504 g/mol. The molecular formula is C27H28N4O4S. The lowest BCUT2D eigenvalue weighted by Crippen LogP contribution is -2.30. The van der Waals surface area contributed by atoms with Crippen molar-refractivity contribution in [2.24, 2.45) is 0 Å². The lowest BCUT2D eigenvalue weighted by atomic mass is 10.1. The second-order valence-electron chi connectivity index (χ2n) is 8.19. The Balaban J connectivity index is 1.50. The van der Waals surface area contributed by atoms with Gasteiger partial charge in [0.25, 0.3) is 0 Å². The van der Waals surface area contributed by atoms with Crippen molar-refractivity contribution >= 4 is 21.5 Å². The van der Waals surface area contributed by atoms with Crippen molar-refractivity contribution < 1.29 is 18.3 Å². The van der Waals surface area contributed by atoms with Crippen LogP contribution in [-0.2, 0) is 22.4 Å². The lowest BCUT2D eigenvalue weighted by Gasteiger charge is -2.16. The molecule has 4 aromatic rings. The summed E-state index contributed by atoms with van der Waals surface area (Å²) in [4.78, 5) is 8.76. The average Bonchev–Trinajstić information content (AvgIpc) is 2.88. The Hall–Kier alpha value is -3.79. The number of ether oxygens (including phenoxy) is 1. The van der Waals surface area contributed by atoms with Crippen molar-refractivity contribution in [1.82, 2.24) is 14.3 Å². The number of hydrogen-bond donors (Lipinski definition) is 2. The highest BCUT2D eigenvalue weighted by molar-refractivity contribution is 7.88. The van der Waals surface area contributed by atoms with Gasteiger partial charge in [0, 0.05) is 30.9 Å². The van der Waals surface area contributed by atoms with Crippen LogP contribution in [0.25, 0.3) is 11.3 Å². The zero-order valence-corrected chi connectivity index (χ0v) is 20.7. The largest absolute Gasteiger partial charge is 0.488 e. The number of para-hydroxylation sites is 1. The highest BCUT2D eigenvalue weighted by Crippen LogP contribution is 2.30. The summed E-state index contributed by atoms with van der Waals surface area (Å²) in [6, 6.07) is 26.6. The number of likely N-dealkylation sites (N-methyl/N-ethyl adjacent to an activating group) is 1. The number of nitrogens with zero attached hydrogens (tertiary/aromatic N) is 3.